The summed E-state index contributed by atoms with van der Waals surface area (Å²) >= 11 is 0. The molecule has 2 aromatic carbocycles. The van der Waals surface area contributed by atoms with Crippen LogP contribution in [0, 0.1) is 13.8 Å². The average Bonchev–Trinajstić information content (AvgIpc) is 3.67. The molecule has 2 fully saturated rings. The zero-order valence-corrected chi connectivity index (χ0v) is 22.3. The first-order chi connectivity index (χ1) is 18.9. The number of aryl methyl sites for hydroxylation is 2. The Morgan fingerprint density at radius 2 is 1.69 bits per heavy atom. The van der Waals surface area contributed by atoms with Crippen molar-refractivity contribution in [3.8, 4) is 11.5 Å². The zero-order chi connectivity index (χ0) is 26.9. The molecule has 202 valence electrons. The molecule has 3 heterocycles. The van der Waals surface area contributed by atoms with E-state index in [0.29, 0.717) is 43.8 Å². The van der Waals surface area contributed by atoms with E-state index in [1.807, 2.05) is 49.4 Å². The second-order valence-corrected chi connectivity index (χ2v) is 10.7. The number of fused-ring (bicyclic) bond motifs is 5. The molecule has 1 aromatic heterocycles. The number of hydrogen-bond donors (Lipinski definition) is 1. The number of amides is 2. The molecule has 4 bridgehead atoms. The Morgan fingerprint density at radius 3 is 2.44 bits per heavy atom. The van der Waals surface area contributed by atoms with E-state index in [4.69, 9.17) is 9.47 Å². The van der Waals surface area contributed by atoms with Crippen molar-refractivity contribution in [3.05, 3.63) is 82.9 Å². The number of aromatic nitrogens is 2. The van der Waals surface area contributed by atoms with Gasteiger partial charge in [-0.05, 0) is 68.1 Å². The van der Waals surface area contributed by atoms with Crippen LogP contribution < -0.4 is 10.1 Å². The van der Waals surface area contributed by atoms with Crippen LogP contribution >= 0.6 is 0 Å². The molecule has 1 aliphatic carbocycles. The maximum atomic E-state index is 13.4. The highest BCUT2D eigenvalue weighted by Crippen LogP contribution is 2.30. The second-order valence-electron chi connectivity index (χ2n) is 10.7. The molecule has 3 aliphatic rings. The first-order valence-corrected chi connectivity index (χ1v) is 13.5. The molecule has 1 saturated heterocycles. The van der Waals surface area contributed by atoms with Crippen molar-refractivity contribution >= 4 is 11.8 Å². The topological polar surface area (TPSA) is 96.9 Å². The Kier molecular flexibility index (Phi) is 7.01. The largest absolute Gasteiger partial charge is 0.457 e. The van der Waals surface area contributed by atoms with Crippen LogP contribution in [0.25, 0.3) is 0 Å². The maximum Gasteiger partial charge on any atom is 0.272 e. The lowest BCUT2D eigenvalue weighted by molar-refractivity contribution is -0.124. The van der Waals surface area contributed by atoms with Gasteiger partial charge in [0.15, 0.2) is 0 Å². The zero-order valence-electron chi connectivity index (χ0n) is 22.3. The van der Waals surface area contributed by atoms with Crippen LogP contribution in [0.15, 0.2) is 54.6 Å². The Bertz CT molecular complexity index is 1370. The quantitative estimate of drug-likeness (QED) is 0.546. The van der Waals surface area contributed by atoms with Crippen molar-refractivity contribution in [1.82, 2.24) is 25.1 Å². The summed E-state index contributed by atoms with van der Waals surface area (Å²) < 4.78 is 12.5. The van der Waals surface area contributed by atoms with E-state index in [-0.39, 0.29) is 30.5 Å². The van der Waals surface area contributed by atoms with Crippen LogP contribution in [-0.2, 0) is 22.7 Å². The molecule has 9 heteroatoms. The van der Waals surface area contributed by atoms with Crippen LogP contribution in [0.5, 0.6) is 11.5 Å². The highest BCUT2D eigenvalue weighted by molar-refractivity contribution is 5.92. The molecule has 2 amide bonds. The van der Waals surface area contributed by atoms with Gasteiger partial charge in [-0.15, -0.1) is 0 Å². The van der Waals surface area contributed by atoms with Crippen LogP contribution in [0.1, 0.15) is 46.0 Å². The molecule has 2 aliphatic heterocycles. The Balaban J connectivity index is 1.27. The molecule has 39 heavy (non-hydrogen) atoms. The third-order valence-corrected chi connectivity index (χ3v) is 7.38. The second kappa shape index (κ2) is 10.7. The fraction of sp³-hybridized carbons (Fsp3) is 0.400. The predicted octanol–water partition coefficient (Wildman–Crippen LogP) is 3.39. The summed E-state index contributed by atoms with van der Waals surface area (Å²) in [6.07, 6.45) is 1.82. The number of hydrogen-bond acceptors (Lipinski definition) is 7. The SMILES string of the molecule is Cc1cc(C(=O)N2C[C@@H]3NC(=O)CN(C4CC4)Cc4cccc(c4)Oc4cccc(c4)CO[C@H]3C2)nc(C)n1. The lowest BCUT2D eigenvalue weighted by Crippen LogP contribution is -2.48. The van der Waals surface area contributed by atoms with Gasteiger partial charge >= 0.3 is 0 Å². The van der Waals surface area contributed by atoms with Gasteiger partial charge in [-0.25, -0.2) is 9.97 Å². The molecule has 0 spiro atoms. The summed E-state index contributed by atoms with van der Waals surface area (Å²) in [4.78, 5) is 39.3. The first-order valence-electron chi connectivity index (χ1n) is 13.5. The minimum Gasteiger partial charge on any atom is -0.457 e. The minimum atomic E-state index is -0.360. The molecule has 6 rings (SSSR count). The summed E-state index contributed by atoms with van der Waals surface area (Å²) in [6.45, 7) is 5.62. The van der Waals surface area contributed by atoms with Crippen LogP contribution in [0.3, 0.4) is 0 Å². The third kappa shape index (κ3) is 6.10. The molecule has 9 nitrogen and oxygen atoms in total. The Labute approximate surface area is 228 Å². The first kappa shape index (κ1) is 25.5. The summed E-state index contributed by atoms with van der Waals surface area (Å²) in [5, 5.41) is 3.19. The highest BCUT2D eigenvalue weighted by atomic mass is 16.5. The van der Waals surface area contributed by atoms with Gasteiger partial charge in [0.25, 0.3) is 5.91 Å². The van der Waals surface area contributed by atoms with Crippen molar-refractivity contribution in [2.24, 2.45) is 0 Å². The molecule has 1 saturated carbocycles. The lowest BCUT2D eigenvalue weighted by atomic mass is 10.1. The van der Waals surface area contributed by atoms with Crippen LogP contribution in [0.2, 0.25) is 0 Å². The minimum absolute atomic E-state index is 0.0648. The lowest BCUT2D eigenvalue weighted by Gasteiger charge is -2.25. The predicted molar refractivity (Wildman–Crippen MR) is 144 cm³/mol. The van der Waals surface area contributed by atoms with Crippen LogP contribution in [-0.4, -0.2) is 69.4 Å². The summed E-state index contributed by atoms with van der Waals surface area (Å²) in [5.74, 6) is 1.80. The number of ether oxygens (including phenoxy) is 2. The van der Waals surface area contributed by atoms with Gasteiger partial charge in [-0.1, -0.05) is 24.3 Å². The normalized spacial score (nSPS) is 22.1. The fourth-order valence-corrected chi connectivity index (χ4v) is 5.41. The molecule has 3 aromatic rings. The fourth-order valence-electron chi connectivity index (χ4n) is 5.41. The smallest absolute Gasteiger partial charge is 0.272 e. The average molecular weight is 528 g/mol. The van der Waals surface area contributed by atoms with Crippen molar-refractivity contribution in [1.29, 1.82) is 0 Å². The van der Waals surface area contributed by atoms with E-state index in [1.54, 1.807) is 17.9 Å². The number of carbonyl (C=O) groups excluding carboxylic acids is 2. The third-order valence-electron chi connectivity index (χ3n) is 7.38. The number of carbonyl (C=O) groups is 2. The number of rotatable bonds is 2. The van der Waals surface area contributed by atoms with Crippen LogP contribution in [0.4, 0.5) is 0 Å². The van der Waals surface area contributed by atoms with Crippen molar-refractivity contribution < 1.29 is 19.1 Å². The molecule has 1 N–H and O–H groups in total. The van der Waals surface area contributed by atoms with Gasteiger partial charge in [-0.3, -0.25) is 14.5 Å². The Morgan fingerprint density at radius 1 is 0.949 bits per heavy atom. The number of likely N-dealkylation sites (tertiary alicyclic amines) is 1. The summed E-state index contributed by atoms with van der Waals surface area (Å²) in [6, 6.07) is 17.6. The van der Waals surface area contributed by atoms with Gasteiger partial charge in [-0.2, -0.15) is 0 Å². The highest BCUT2D eigenvalue weighted by Gasteiger charge is 2.39. The molecule has 0 radical (unpaired) electrons. The molecular formula is C30H33N5O4. The van der Waals surface area contributed by atoms with Crippen molar-refractivity contribution in [3.63, 3.8) is 0 Å². The number of nitrogens with one attached hydrogen (secondary N) is 1. The number of nitrogens with zero attached hydrogens (tertiary/aromatic N) is 4. The monoisotopic (exact) mass is 527 g/mol. The summed E-state index contributed by atoms with van der Waals surface area (Å²) in [5.41, 5.74) is 3.15. The van der Waals surface area contributed by atoms with E-state index >= 15 is 0 Å². The van der Waals surface area contributed by atoms with E-state index in [0.717, 1.165) is 41.2 Å². The van der Waals surface area contributed by atoms with Gasteiger partial charge in [0.1, 0.15) is 23.0 Å². The van der Waals surface area contributed by atoms with E-state index < -0.39 is 0 Å². The Hall–Kier alpha value is -3.82. The van der Waals surface area contributed by atoms with Gasteiger partial charge < -0.3 is 19.7 Å². The van der Waals surface area contributed by atoms with E-state index in [9.17, 15) is 9.59 Å². The molecule has 0 unspecified atom stereocenters. The van der Waals surface area contributed by atoms with Crippen molar-refractivity contribution in [2.75, 3.05) is 19.6 Å². The van der Waals surface area contributed by atoms with Crippen molar-refractivity contribution in [2.45, 2.75) is 58.0 Å². The molecule has 2 atom stereocenters. The summed E-state index contributed by atoms with van der Waals surface area (Å²) in [7, 11) is 0. The van der Waals surface area contributed by atoms with Gasteiger partial charge in [0.05, 0.1) is 25.3 Å². The molecular weight excluding hydrogens is 494 g/mol. The maximum absolute atomic E-state index is 13.4. The van der Waals surface area contributed by atoms with Gasteiger partial charge in [0, 0.05) is 31.4 Å². The number of benzene rings is 2. The standard InChI is InChI=1S/C30H33N5O4/c1-19-11-26(32-20(2)31-19)30(37)35-15-27-28(16-35)38-18-22-6-4-8-25(13-22)39-24-7-3-5-21(12-24)14-34(23-9-10-23)17-29(36)33-27/h3-8,11-13,23,27-28H,9-10,14-18H2,1-2H3,(H,33,36)/t27-,28-/m0/s1. The van der Waals surface area contributed by atoms with E-state index in [1.165, 1.54) is 0 Å². The van der Waals surface area contributed by atoms with E-state index in [2.05, 4.69) is 26.3 Å². The van der Waals surface area contributed by atoms with Gasteiger partial charge in [0.2, 0.25) is 5.91 Å².